The average molecular weight is 254 g/mol. The van der Waals surface area contributed by atoms with Crippen LogP contribution >= 0.6 is 12.6 Å². The SMILES string of the molecule is C=Cc1cccc(Cc2ccccc2C(=O)S)c1. The second kappa shape index (κ2) is 5.69. The van der Waals surface area contributed by atoms with Crippen molar-refractivity contribution >= 4 is 23.8 Å². The molecule has 0 heterocycles. The highest BCUT2D eigenvalue weighted by Gasteiger charge is 2.07. The maximum atomic E-state index is 11.4. The lowest BCUT2D eigenvalue weighted by molar-refractivity contribution is 0.109. The van der Waals surface area contributed by atoms with Gasteiger partial charge in [0.2, 0.25) is 5.12 Å². The van der Waals surface area contributed by atoms with Gasteiger partial charge in [0.15, 0.2) is 0 Å². The van der Waals surface area contributed by atoms with Crippen molar-refractivity contribution in [3.05, 3.63) is 77.4 Å². The zero-order valence-corrected chi connectivity index (χ0v) is 10.9. The molecule has 0 saturated carbocycles. The second-order valence-corrected chi connectivity index (χ2v) is 4.49. The van der Waals surface area contributed by atoms with Gasteiger partial charge in [-0.25, -0.2) is 0 Å². The topological polar surface area (TPSA) is 17.1 Å². The summed E-state index contributed by atoms with van der Waals surface area (Å²) in [5.41, 5.74) is 3.92. The molecule has 18 heavy (non-hydrogen) atoms. The van der Waals surface area contributed by atoms with Gasteiger partial charge in [0.1, 0.15) is 0 Å². The first-order valence-electron chi connectivity index (χ1n) is 5.73. The lowest BCUT2D eigenvalue weighted by Gasteiger charge is -2.07. The second-order valence-electron chi connectivity index (χ2n) is 4.09. The van der Waals surface area contributed by atoms with Crippen LogP contribution in [0.5, 0.6) is 0 Å². The van der Waals surface area contributed by atoms with Gasteiger partial charge in [0.05, 0.1) is 0 Å². The Balaban J connectivity index is 2.33. The molecular formula is C16H14OS. The van der Waals surface area contributed by atoms with Gasteiger partial charge in [-0.3, -0.25) is 4.79 Å². The Bertz CT molecular complexity index is 587. The highest BCUT2D eigenvalue weighted by molar-refractivity contribution is 7.97. The van der Waals surface area contributed by atoms with Crippen molar-refractivity contribution in [3.63, 3.8) is 0 Å². The molecular weight excluding hydrogens is 240 g/mol. The van der Waals surface area contributed by atoms with Crippen molar-refractivity contribution in [2.45, 2.75) is 6.42 Å². The molecule has 0 unspecified atom stereocenters. The number of hydrogen-bond donors (Lipinski definition) is 1. The Morgan fingerprint density at radius 2 is 1.94 bits per heavy atom. The van der Waals surface area contributed by atoms with E-state index in [-0.39, 0.29) is 5.12 Å². The third-order valence-electron chi connectivity index (χ3n) is 2.83. The molecule has 2 aromatic carbocycles. The Hall–Kier alpha value is -1.80. The molecule has 0 spiro atoms. The molecule has 0 amide bonds. The van der Waals surface area contributed by atoms with Crippen LogP contribution in [0.4, 0.5) is 0 Å². The van der Waals surface area contributed by atoms with E-state index in [1.807, 2.05) is 48.5 Å². The summed E-state index contributed by atoms with van der Waals surface area (Å²) in [6, 6.07) is 15.7. The first-order valence-corrected chi connectivity index (χ1v) is 6.18. The third kappa shape index (κ3) is 2.90. The predicted octanol–water partition coefficient (Wildman–Crippen LogP) is 3.99. The van der Waals surface area contributed by atoms with E-state index >= 15 is 0 Å². The van der Waals surface area contributed by atoms with Gasteiger partial charge >= 0.3 is 0 Å². The van der Waals surface area contributed by atoms with Crippen LogP contribution in [0.25, 0.3) is 6.08 Å². The van der Waals surface area contributed by atoms with Crippen LogP contribution in [0.15, 0.2) is 55.1 Å². The van der Waals surface area contributed by atoms with Crippen LogP contribution < -0.4 is 0 Å². The molecule has 0 aliphatic rings. The highest BCUT2D eigenvalue weighted by Crippen LogP contribution is 2.17. The molecule has 0 aliphatic carbocycles. The number of carbonyl (C=O) groups excluding carboxylic acids is 1. The zero-order chi connectivity index (χ0) is 13.0. The van der Waals surface area contributed by atoms with Gasteiger partial charge in [0, 0.05) is 5.56 Å². The first kappa shape index (κ1) is 12.7. The van der Waals surface area contributed by atoms with Crippen molar-refractivity contribution in [3.8, 4) is 0 Å². The number of thiol groups is 1. The number of carbonyl (C=O) groups is 1. The quantitative estimate of drug-likeness (QED) is 0.816. The monoisotopic (exact) mass is 254 g/mol. The molecule has 0 aliphatic heterocycles. The molecule has 0 aromatic heterocycles. The Morgan fingerprint density at radius 1 is 1.17 bits per heavy atom. The molecule has 0 fully saturated rings. The van der Waals surface area contributed by atoms with Gasteiger partial charge < -0.3 is 0 Å². The minimum Gasteiger partial charge on any atom is -0.282 e. The maximum Gasteiger partial charge on any atom is 0.216 e. The highest BCUT2D eigenvalue weighted by atomic mass is 32.1. The molecule has 2 aromatic rings. The van der Waals surface area contributed by atoms with E-state index in [0.29, 0.717) is 5.56 Å². The van der Waals surface area contributed by atoms with E-state index in [4.69, 9.17) is 0 Å². The lowest BCUT2D eigenvalue weighted by atomic mass is 9.99. The summed E-state index contributed by atoms with van der Waals surface area (Å²) in [7, 11) is 0. The largest absolute Gasteiger partial charge is 0.282 e. The molecule has 90 valence electrons. The van der Waals surface area contributed by atoms with E-state index in [1.54, 1.807) is 0 Å². The lowest BCUT2D eigenvalue weighted by Crippen LogP contribution is -1.98. The first-order chi connectivity index (χ1) is 8.70. The van der Waals surface area contributed by atoms with E-state index in [0.717, 1.165) is 23.1 Å². The van der Waals surface area contributed by atoms with E-state index in [2.05, 4.69) is 25.3 Å². The van der Waals surface area contributed by atoms with Crippen LogP contribution in [0.2, 0.25) is 0 Å². The van der Waals surface area contributed by atoms with Crippen LogP contribution in [-0.4, -0.2) is 5.12 Å². The molecule has 2 rings (SSSR count). The Kier molecular flexibility index (Phi) is 4.00. The molecule has 0 N–H and O–H groups in total. The molecule has 0 radical (unpaired) electrons. The summed E-state index contributed by atoms with van der Waals surface area (Å²) in [5, 5.41) is -0.189. The van der Waals surface area contributed by atoms with Gasteiger partial charge in [-0.15, -0.1) is 12.6 Å². The molecule has 0 atom stereocenters. The maximum absolute atomic E-state index is 11.4. The van der Waals surface area contributed by atoms with Gasteiger partial charge in [-0.05, 0) is 23.1 Å². The number of rotatable bonds is 4. The minimum atomic E-state index is -0.189. The van der Waals surface area contributed by atoms with Crippen LogP contribution in [0.1, 0.15) is 27.0 Å². The summed E-state index contributed by atoms with van der Waals surface area (Å²) >= 11 is 3.91. The van der Waals surface area contributed by atoms with Gasteiger partial charge in [-0.2, -0.15) is 0 Å². The minimum absolute atomic E-state index is 0.189. The van der Waals surface area contributed by atoms with Gasteiger partial charge in [-0.1, -0.05) is 61.2 Å². The molecule has 0 saturated heterocycles. The fraction of sp³-hybridized carbons (Fsp3) is 0.0625. The summed E-state index contributed by atoms with van der Waals surface area (Å²) in [6.45, 7) is 3.76. The normalized spacial score (nSPS) is 10.1. The standard InChI is InChI=1S/C16H14OS/c1-2-12-6-5-7-13(10-12)11-14-8-3-4-9-15(14)16(17)18/h2-10H,1,11H2,(H,17,18). The fourth-order valence-corrected chi connectivity index (χ4v) is 2.15. The van der Waals surface area contributed by atoms with Crippen LogP contribution in [-0.2, 0) is 6.42 Å². The Morgan fingerprint density at radius 3 is 2.67 bits per heavy atom. The van der Waals surface area contributed by atoms with Gasteiger partial charge in [0.25, 0.3) is 0 Å². The smallest absolute Gasteiger partial charge is 0.216 e. The zero-order valence-electron chi connectivity index (χ0n) is 9.97. The van der Waals surface area contributed by atoms with E-state index in [1.165, 1.54) is 0 Å². The van der Waals surface area contributed by atoms with Crippen molar-refractivity contribution in [1.29, 1.82) is 0 Å². The summed E-state index contributed by atoms with van der Waals surface area (Å²) in [5.74, 6) is 0. The molecule has 2 heteroatoms. The summed E-state index contributed by atoms with van der Waals surface area (Å²) in [6.07, 6.45) is 2.54. The van der Waals surface area contributed by atoms with Crippen molar-refractivity contribution in [2.75, 3.05) is 0 Å². The molecule has 1 nitrogen and oxygen atoms in total. The van der Waals surface area contributed by atoms with Crippen LogP contribution in [0.3, 0.4) is 0 Å². The number of benzene rings is 2. The number of hydrogen-bond acceptors (Lipinski definition) is 1. The fourth-order valence-electron chi connectivity index (χ4n) is 1.93. The summed E-state index contributed by atoms with van der Waals surface area (Å²) in [4.78, 5) is 11.4. The van der Waals surface area contributed by atoms with Crippen molar-refractivity contribution in [2.24, 2.45) is 0 Å². The predicted molar refractivity (Wildman–Crippen MR) is 79.1 cm³/mol. The van der Waals surface area contributed by atoms with Crippen molar-refractivity contribution < 1.29 is 4.79 Å². The summed E-state index contributed by atoms with van der Waals surface area (Å²) < 4.78 is 0. The van der Waals surface area contributed by atoms with Crippen molar-refractivity contribution in [1.82, 2.24) is 0 Å². The van der Waals surface area contributed by atoms with E-state index < -0.39 is 0 Å². The molecule has 0 bridgehead atoms. The third-order valence-corrected chi connectivity index (χ3v) is 3.07. The Labute approximate surface area is 113 Å². The van der Waals surface area contributed by atoms with Crippen LogP contribution in [0, 0.1) is 0 Å². The van der Waals surface area contributed by atoms with E-state index in [9.17, 15) is 4.79 Å². The average Bonchev–Trinajstić information content (AvgIpc) is 2.39.